The Kier molecular flexibility index (Phi) is 7.09. The van der Waals surface area contributed by atoms with Crippen LogP contribution in [-0.4, -0.2) is 31.6 Å². The average molecular weight is 277 g/mol. The molecule has 0 spiro atoms. The number of anilines is 1. The summed E-state index contributed by atoms with van der Waals surface area (Å²) in [5.74, 6) is 0.0484. The molecule has 0 bridgehead atoms. The van der Waals surface area contributed by atoms with Gasteiger partial charge in [0, 0.05) is 31.9 Å². The van der Waals surface area contributed by atoms with E-state index < -0.39 is 0 Å². The first-order valence-electron chi connectivity index (χ1n) is 7.47. The summed E-state index contributed by atoms with van der Waals surface area (Å²) in [6.07, 6.45) is 0. The summed E-state index contributed by atoms with van der Waals surface area (Å²) < 4.78 is 0. The Morgan fingerprint density at radius 2 is 1.75 bits per heavy atom. The second-order valence-electron chi connectivity index (χ2n) is 4.84. The van der Waals surface area contributed by atoms with E-state index in [1.165, 1.54) is 11.3 Å². The molecule has 0 aliphatic heterocycles. The van der Waals surface area contributed by atoms with Crippen LogP contribution in [0.4, 0.5) is 5.69 Å². The third kappa shape index (κ3) is 4.85. The number of hydrogen-bond acceptors (Lipinski definition) is 3. The van der Waals surface area contributed by atoms with Crippen LogP contribution in [0.2, 0.25) is 0 Å². The average Bonchev–Trinajstić information content (AvgIpc) is 2.47. The van der Waals surface area contributed by atoms with E-state index >= 15 is 0 Å². The topological polar surface area (TPSA) is 44.4 Å². The Balaban J connectivity index is 2.51. The molecule has 0 aromatic heterocycles. The van der Waals surface area contributed by atoms with E-state index in [1.54, 1.807) is 0 Å². The van der Waals surface area contributed by atoms with Crippen LogP contribution in [0.3, 0.4) is 0 Å². The van der Waals surface area contributed by atoms with Crippen molar-refractivity contribution in [2.45, 2.75) is 40.3 Å². The highest BCUT2D eigenvalue weighted by atomic mass is 16.2. The van der Waals surface area contributed by atoms with Crippen molar-refractivity contribution >= 4 is 11.6 Å². The van der Waals surface area contributed by atoms with Crippen LogP contribution >= 0.6 is 0 Å². The fourth-order valence-corrected chi connectivity index (χ4v) is 2.10. The largest absolute Gasteiger partial charge is 0.372 e. The maximum Gasteiger partial charge on any atom is 0.236 e. The van der Waals surface area contributed by atoms with Gasteiger partial charge in [0.2, 0.25) is 5.91 Å². The van der Waals surface area contributed by atoms with Gasteiger partial charge in [-0.3, -0.25) is 4.79 Å². The number of likely N-dealkylation sites (N-methyl/N-ethyl adjacent to an activating group) is 1. The minimum Gasteiger partial charge on any atom is -0.372 e. The van der Waals surface area contributed by atoms with Crippen LogP contribution in [0.15, 0.2) is 24.3 Å². The van der Waals surface area contributed by atoms with Crippen molar-refractivity contribution < 1.29 is 4.79 Å². The summed E-state index contributed by atoms with van der Waals surface area (Å²) in [4.78, 5) is 13.9. The first-order chi connectivity index (χ1) is 9.62. The Hall–Kier alpha value is -1.55. The first kappa shape index (κ1) is 16.5. The van der Waals surface area contributed by atoms with Crippen LogP contribution < -0.4 is 15.5 Å². The number of benzene rings is 1. The summed E-state index contributed by atoms with van der Waals surface area (Å²) in [7, 11) is 0. The predicted octanol–water partition coefficient (Wildman–Crippen LogP) is 2.15. The van der Waals surface area contributed by atoms with Crippen LogP contribution in [0, 0.1) is 0 Å². The Bertz CT molecular complexity index is 399. The van der Waals surface area contributed by atoms with Gasteiger partial charge in [0.15, 0.2) is 0 Å². The molecule has 0 aliphatic rings. The van der Waals surface area contributed by atoms with Gasteiger partial charge in [-0.05, 0) is 45.4 Å². The summed E-state index contributed by atoms with van der Waals surface area (Å²) >= 11 is 0. The maximum absolute atomic E-state index is 11.6. The summed E-state index contributed by atoms with van der Waals surface area (Å²) in [5.41, 5.74) is 2.44. The standard InChI is InChI=1S/C16H27N3O/c1-5-17-16(20)13(4)18-12-14-8-10-15(11-9-14)19(6-2)7-3/h8-11,13,18H,5-7,12H2,1-4H3,(H,17,20). The van der Waals surface area contributed by atoms with Crippen molar-refractivity contribution in [3.8, 4) is 0 Å². The number of nitrogens with zero attached hydrogens (tertiary/aromatic N) is 1. The number of hydrogen-bond donors (Lipinski definition) is 2. The highest BCUT2D eigenvalue weighted by Crippen LogP contribution is 2.14. The van der Waals surface area contributed by atoms with Crippen LogP contribution in [-0.2, 0) is 11.3 Å². The van der Waals surface area contributed by atoms with E-state index in [0.29, 0.717) is 13.1 Å². The first-order valence-corrected chi connectivity index (χ1v) is 7.47. The van der Waals surface area contributed by atoms with Gasteiger partial charge in [-0.2, -0.15) is 0 Å². The lowest BCUT2D eigenvalue weighted by Gasteiger charge is -2.21. The van der Waals surface area contributed by atoms with Crippen LogP contribution in [0.25, 0.3) is 0 Å². The summed E-state index contributed by atoms with van der Waals surface area (Å²) in [6.45, 7) is 11.5. The number of amides is 1. The van der Waals surface area contributed by atoms with Crippen molar-refractivity contribution in [1.82, 2.24) is 10.6 Å². The molecule has 0 fully saturated rings. The lowest BCUT2D eigenvalue weighted by molar-refractivity contribution is -0.122. The molecule has 1 aromatic rings. The quantitative estimate of drug-likeness (QED) is 0.765. The molecule has 0 radical (unpaired) electrons. The summed E-state index contributed by atoms with van der Waals surface area (Å²) in [5, 5.41) is 6.05. The fraction of sp³-hybridized carbons (Fsp3) is 0.562. The SMILES string of the molecule is CCNC(=O)C(C)NCc1ccc(N(CC)CC)cc1. The van der Waals surface area contributed by atoms with Crippen molar-refractivity contribution in [2.75, 3.05) is 24.5 Å². The molecule has 0 heterocycles. The van der Waals surface area contributed by atoms with Crippen LogP contribution in [0.5, 0.6) is 0 Å². The Morgan fingerprint density at radius 1 is 1.15 bits per heavy atom. The van der Waals surface area contributed by atoms with Gasteiger partial charge in [-0.15, -0.1) is 0 Å². The molecule has 4 heteroatoms. The predicted molar refractivity (Wildman–Crippen MR) is 85.0 cm³/mol. The van der Waals surface area contributed by atoms with Gasteiger partial charge in [-0.1, -0.05) is 12.1 Å². The minimum atomic E-state index is -0.169. The number of nitrogens with one attached hydrogen (secondary N) is 2. The Labute approximate surface area is 122 Å². The van der Waals surface area contributed by atoms with E-state index in [4.69, 9.17) is 0 Å². The molecular weight excluding hydrogens is 250 g/mol. The molecule has 1 unspecified atom stereocenters. The molecule has 112 valence electrons. The molecule has 20 heavy (non-hydrogen) atoms. The minimum absolute atomic E-state index is 0.0484. The van der Waals surface area contributed by atoms with Gasteiger partial charge < -0.3 is 15.5 Å². The zero-order valence-corrected chi connectivity index (χ0v) is 13.1. The number of carbonyl (C=O) groups is 1. The zero-order chi connectivity index (χ0) is 15.0. The molecule has 1 aromatic carbocycles. The molecule has 0 saturated heterocycles. The number of carbonyl (C=O) groups excluding carboxylic acids is 1. The van der Waals surface area contributed by atoms with Crippen LogP contribution in [0.1, 0.15) is 33.3 Å². The fourth-order valence-electron chi connectivity index (χ4n) is 2.10. The van der Waals surface area contributed by atoms with E-state index in [0.717, 1.165) is 13.1 Å². The zero-order valence-electron chi connectivity index (χ0n) is 13.1. The molecule has 1 rings (SSSR count). The maximum atomic E-state index is 11.6. The van der Waals surface area contributed by atoms with Gasteiger partial charge in [-0.25, -0.2) is 0 Å². The van der Waals surface area contributed by atoms with E-state index in [1.807, 2.05) is 13.8 Å². The van der Waals surface area contributed by atoms with Crippen molar-refractivity contribution in [2.24, 2.45) is 0 Å². The normalized spacial score (nSPS) is 12.0. The van der Waals surface area contributed by atoms with Crippen molar-refractivity contribution in [3.63, 3.8) is 0 Å². The highest BCUT2D eigenvalue weighted by molar-refractivity contribution is 5.81. The summed E-state index contributed by atoms with van der Waals surface area (Å²) in [6, 6.07) is 8.34. The lowest BCUT2D eigenvalue weighted by Crippen LogP contribution is -2.41. The third-order valence-corrected chi connectivity index (χ3v) is 3.42. The molecule has 4 nitrogen and oxygen atoms in total. The van der Waals surface area contributed by atoms with Crippen molar-refractivity contribution in [3.05, 3.63) is 29.8 Å². The van der Waals surface area contributed by atoms with E-state index in [2.05, 4.69) is 53.6 Å². The van der Waals surface area contributed by atoms with Gasteiger partial charge >= 0.3 is 0 Å². The van der Waals surface area contributed by atoms with E-state index in [-0.39, 0.29) is 11.9 Å². The van der Waals surface area contributed by atoms with Crippen molar-refractivity contribution in [1.29, 1.82) is 0 Å². The molecule has 1 atom stereocenters. The molecule has 0 saturated carbocycles. The number of rotatable bonds is 8. The second-order valence-corrected chi connectivity index (χ2v) is 4.84. The second kappa shape index (κ2) is 8.59. The van der Waals surface area contributed by atoms with Gasteiger partial charge in [0.1, 0.15) is 0 Å². The molecule has 1 amide bonds. The third-order valence-electron chi connectivity index (χ3n) is 3.42. The highest BCUT2D eigenvalue weighted by Gasteiger charge is 2.10. The molecular formula is C16H27N3O. The van der Waals surface area contributed by atoms with Gasteiger partial charge in [0.25, 0.3) is 0 Å². The monoisotopic (exact) mass is 277 g/mol. The smallest absolute Gasteiger partial charge is 0.236 e. The van der Waals surface area contributed by atoms with E-state index in [9.17, 15) is 4.79 Å². The molecule has 0 aliphatic carbocycles. The molecule has 2 N–H and O–H groups in total. The lowest BCUT2D eigenvalue weighted by atomic mass is 10.1. The van der Waals surface area contributed by atoms with Gasteiger partial charge in [0.05, 0.1) is 6.04 Å². The Morgan fingerprint density at radius 3 is 2.25 bits per heavy atom.